The molecule has 5 nitrogen and oxygen atoms in total. The summed E-state index contributed by atoms with van der Waals surface area (Å²) in [6.45, 7) is 0.825. The highest BCUT2D eigenvalue weighted by molar-refractivity contribution is 5.83. The number of carbonyl (C=O) groups is 2. The summed E-state index contributed by atoms with van der Waals surface area (Å²) in [4.78, 5) is 25.3. The number of amides is 1. The van der Waals surface area contributed by atoms with Gasteiger partial charge in [0.25, 0.3) is 5.91 Å². The molecule has 1 amide bonds. The molecule has 4 unspecified atom stereocenters. The van der Waals surface area contributed by atoms with Crippen LogP contribution >= 0.6 is 0 Å². The largest absolute Gasteiger partial charge is 0.479 e. The van der Waals surface area contributed by atoms with Gasteiger partial charge in [-0.1, -0.05) is 12.8 Å². The monoisotopic (exact) mass is 267 g/mol. The third-order valence-electron chi connectivity index (χ3n) is 4.86. The van der Waals surface area contributed by atoms with Crippen molar-refractivity contribution in [1.82, 2.24) is 4.90 Å². The maximum Gasteiger partial charge on any atom is 0.332 e. The van der Waals surface area contributed by atoms with Gasteiger partial charge in [-0.2, -0.15) is 0 Å². The molecule has 3 rings (SSSR count). The maximum atomic E-state index is 12.5. The summed E-state index contributed by atoms with van der Waals surface area (Å²) in [5, 5.41) is 8.92. The Morgan fingerprint density at radius 2 is 1.74 bits per heavy atom. The molecule has 2 saturated heterocycles. The van der Waals surface area contributed by atoms with E-state index >= 15 is 0 Å². The molecule has 0 aromatic rings. The average Bonchev–Trinajstić information content (AvgIpc) is 3.05. The van der Waals surface area contributed by atoms with Crippen LogP contribution in [0.5, 0.6) is 0 Å². The lowest BCUT2D eigenvalue weighted by molar-refractivity contribution is -0.155. The van der Waals surface area contributed by atoms with Gasteiger partial charge in [0.15, 0.2) is 6.10 Å². The highest BCUT2D eigenvalue weighted by Gasteiger charge is 2.43. The van der Waals surface area contributed by atoms with Gasteiger partial charge in [0, 0.05) is 12.6 Å². The molecule has 0 aromatic heterocycles. The van der Waals surface area contributed by atoms with Crippen molar-refractivity contribution in [3.8, 4) is 0 Å². The maximum absolute atomic E-state index is 12.5. The highest BCUT2D eigenvalue weighted by Crippen LogP contribution is 2.37. The van der Waals surface area contributed by atoms with E-state index in [1.54, 1.807) is 0 Å². The van der Waals surface area contributed by atoms with Crippen molar-refractivity contribution in [2.24, 2.45) is 5.92 Å². The van der Waals surface area contributed by atoms with Crippen LogP contribution < -0.4 is 0 Å². The standard InChI is InChI=1S/C14H21NO4/c16-13(11-5-6-12(19-11)14(17)18)15-8-7-9-3-1-2-4-10(9)15/h9-12H,1-8H2,(H,17,18). The fourth-order valence-electron chi connectivity index (χ4n) is 3.86. The van der Waals surface area contributed by atoms with E-state index in [0.717, 1.165) is 19.4 Å². The summed E-state index contributed by atoms with van der Waals surface area (Å²) in [5.74, 6) is -0.264. The van der Waals surface area contributed by atoms with Gasteiger partial charge in [-0.25, -0.2) is 4.79 Å². The number of carbonyl (C=O) groups excluding carboxylic acids is 1. The quantitative estimate of drug-likeness (QED) is 0.821. The summed E-state index contributed by atoms with van der Waals surface area (Å²) in [5.41, 5.74) is 0. The van der Waals surface area contributed by atoms with Gasteiger partial charge < -0.3 is 14.7 Å². The van der Waals surface area contributed by atoms with Crippen molar-refractivity contribution in [3.05, 3.63) is 0 Å². The highest BCUT2D eigenvalue weighted by atomic mass is 16.5. The van der Waals surface area contributed by atoms with Crippen LogP contribution in [-0.4, -0.2) is 46.7 Å². The fraction of sp³-hybridized carbons (Fsp3) is 0.857. The third-order valence-corrected chi connectivity index (χ3v) is 4.86. The molecule has 2 heterocycles. The minimum atomic E-state index is -0.952. The molecule has 5 heteroatoms. The van der Waals surface area contributed by atoms with E-state index in [-0.39, 0.29) is 5.91 Å². The van der Waals surface area contributed by atoms with Gasteiger partial charge in [0.2, 0.25) is 0 Å². The second kappa shape index (κ2) is 5.12. The van der Waals surface area contributed by atoms with E-state index in [4.69, 9.17) is 9.84 Å². The van der Waals surface area contributed by atoms with E-state index in [1.807, 2.05) is 4.90 Å². The zero-order valence-corrected chi connectivity index (χ0v) is 11.1. The van der Waals surface area contributed by atoms with E-state index in [0.29, 0.717) is 24.8 Å². The zero-order valence-electron chi connectivity index (χ0n) is 11.1. The van der Waals surface area contributed by atoms with Gasteiger partial charge in [-0.3, -0.25) is 4.79 Å². The molecule has 0 spiro atoms. The van der Waals surface area contributed by atoms with Crippen molar-refractivity contribution in [3.63, 3.8) is 0 Å². The third kappa shape index (κ3) is 2.36. The molecule has 1 aliphatic carbocycles. The number of ether oxygens (including phenoxy) is 1. The predicted molar refractivity (Wildman–Crippen MR) is 67.6 cm³/mol. The first-order chi connectivity index (χ1) is 9.16. The number of carboxylic acid groups (broad SMARTS) is 1. The second-order valence-electron chi connectivity index (χ2n) is 5.96. The molecule has 0 aromatic carbocycles. The second-order valence-corrected chi connectivity index (χ2v) is 5.96. The van der Waals surface area contributed by atoms with Gasteiger partial charge in [0.1, 0.15) is 6.10 Å². The van der Waals surface area contributed by atoms with Crippen LogP contribution in [0, 0.1) is 5.92 Å². The summed E-state index contributed by atoms with van der Waals surface area (Å²) < 4.78 is 5.39. The van der Waals surface area contributed by atoms with Crippen LogP contribution in [0.1, 0.15) is 44.9 Å². The van der Waals surface area contributed by atoms with Crippen LogP contribution in [0.4, 0.5) is 0 Å². The SMILES string of the molecule is O=C(O)C1CCC(C(=O)N2CCC3CCCCC32)O1. The van der Waals surface area contributed by atoms with Crippen molar-refractivity contribution < 1.29 is 19.4 Å². The van der Waals surface area contributed by atoms with E-state index in [2.05, 4.69) is 0 Å². The Bertz CT molecular complexity index is 384. The Balaban J connectivity index is 1.63. The molecule has 19 heavy (non-hydrogen) atoms. The van der Waals surface area contributed by atoms with E-state index in [1.165, 1.54) is 19.3 Å². The van der Waals surface area contributed by atoms with E-state index in [9.17, 15) is 9.59 Å². The molecule has 3 aliphatic rings. The predicted octanol–water partition coefficient (Wildman–Crippen LogP) is 1.41. The molecule has 1 N–H and O–H groups in total. The number of fused-ring (bicyclic) bond motifs is 1. The van der Waals surface area contributed by atoms with Gasteiger partial charge >= 0.3 is 5.97 Å². The van der Waals surface area contributed by atoms with E-state index < -0.39 is 18.2 Å². The lowest BCUT2D eigenvalue weighted by Crippen LogP contribution is -2.44. The van der Waals surface area contributed by atoms with Crippen molar-refractivity contribution in [2.75, 3.05) is 6.54 Å². The number of rotatable bonds is 2. The van der Waals surface area contributed by atoms with Crippen LogP contribution in [0.15, 0.2) is 0 Å². The molecule has 0 radical (unpaired) electrons. The molecule has 0 bridgehead atoms. The Hall–Kier alpha value is -1.10. The molecule has 2 aliphatic heterocycles. The first kappa shape index (κ1) is 12.9. The van der Waals surface area contributed by atoms with Crippen molar-refractivity contribution in [1.29, 1.82) is 0 Å². The normalized spacial score (nSPS) is 38.2. The number of carboxylic acids is 1. The zero-order chi connectivity index (χ0) is 13.4. The fourth-order valence-corrected chi connectivity index (χ4v) is 3.86. The van der Waals surface area contributed by atoms with Gasteiger partial charge in [-0.15, -0.1) is 0 Å². The summed E-state index contributed by atoms with van der Waals surface area (Å²) in [6, 6.07) is 0.383. The first-order valence-electron chi connectivity index (χ1n) is 7.35. The molecule has 3 fully saturated rings. The van der Waals surface area contributed by atoms with Crippen molar-refractivity contribution >= 4 is 11.9 Å². The Morgan fingerprint density at radius 1 is 1.00 bits per heavy atom. The minimum Gasteiger partial charge on any atom is -0.479 e. The summed E-state index contributed by atoms with van der Waals surface area (Å²) >= 11 is 0. The Labute approximate surface area is 112 Å². The molecular weight excluding hydrogens is 246 g/mol. The van der Waals surface area contributed by atoms with Crippen LogP contribution in [0.25, 0.3) is 0 Å². The Morgan fingerprint density at radius 3 is 2.47 bits per heavy atom. The lowest BCUT2D eigenvalue weighted by atomic mass is 9.85. The topological polar surface area (TPSA) is 66.8 Å². The number of nitrogens with zero attached hydrogens (tertiary/aromatic N) is 1. The lowest BCUT2D eigenvalue weighted by Gasteiger charge is -2.32. The summed E-state index contributed by atoms with van der Waals surface area (Å²) in [6.07, 6.45) is 5.60. The van der Waals surface area contributed by atoms with Crippen LogP contribution in [-0.2, 0) is 14.3 Å². The average molecular weight is 267 g/mol. The molecule has 4 atom stereocenters. The number of aliphatic carboxylic acids is 1. The smallest absolute Gasteiger partial charge is 0.332 e. The van der Waals surface area contributed by atoms with Gasteiger partial charge in [0.05, 0.1) is 0 Å². The van der Waals surface area contributed by atoms with Gasteiger partial charge in [-0.05, 0) is 38.0 Å². The summed E-state index contributed by atoms with van der Waals surface area (Å²) in [7, 11) is 0. The molecular formula is C14H21NO4. The van der Waals surface area contributed by atoms with Crippen LogP contribution in [0.2, 0.25) is 0 Å². The molecule has 1 saturated carbocycles. The number of hydrogen-bond acceptors (Lipinski definition) is 3. The first-order valence-corrected chi connectivity index (χ1v) is 7.35. The van der Waals surface area contributed by atoms with Crippen LogP contribution in [0.3, 0.4) is 0 Å². The number of likely N-dealkylation sites (tertiary alicyclic amines) is 1. The van der Waals surface area contributed by atoms with Crippen molar-refractivity contribution in [2.45, 2.75) is 63.2 Å². The minimum absolute atomic E-state index is 0.0261. The Kier molecular flexibility index (Phi) is 3.48. The number of hydrogen-bond donors (Lipinski definition) is 1. The molecule has 106 valence electrons.